The molecule has 1 aromatic heterocycles. The maximum atomic E-state index is 9.52. The van der Waals surface area contributed by atoms with Crippen LogP contribution >= 0.6 is 0 Å². The molecule has 0 fully saturated rings. The number of benzene rings is 1. The number of allylic oxidation sites excluding steroid dienone is 1. The van der Waals surface area contributed by atoms with Gasteiger partial charge in [0, 0.05) is 12.3 Å². The van der Waals surface area contributed by atoms with E-state index in [1.807, 2.05) is 6.07 Å². The average molecular weight is 326 g/mol. The summed E-state index contributed by atoms with van der Waals surface area (Å²) < 4.78 is 21.0. The van der Waals surface area contributed by atoms with E-state index in [9.17, 15) is 5.26 Å². The Kier molecular flexibility index (Phi) is 5.63. The zero-order valence-electron chi connectivity index (χ0n) is 14.0. The van der Waals surface area contributed by atoms with Crippen LogP contribution in [-0.2, 0) is 0 Å². The lowest BCUT2D eigenvalue weighted by molar-refractivity contribution is 0.324. The number of rotatable bonds is 6. The van der Waals surface area contributed by atoms with Crippen molar-refractivity contribution in [2.45, 2.75) is 0 Å². The van der Waals surface area contributed by atoms with E-state index >= 15 is 0 Å². The summed E-state index contributed by atoms with van der Waals surface area (Å²) in [5.41, 5.74) is 1.88. The quantitative estimate of drug-likeness (QED) is 0.759. The molecule has 0 spiro atoms. The van der Waals surface area contributed by atoms with Gasteiger partial charge in [0.2, 0.25) is 11.6 Å². The van der Waals surface area contributed by atoms with Crippen LogP contribution in [0.15, 0.2) is 30.5 Å². The molecular formula is C18H18N2O4. The van der Waals surface area contributed by atoms with E-state index in [1.54, 1.807) is 37.6 Å². The highest BCUT2D eigenvalue weighted by Crippen LogP contribution is 2.40. The third-order valence-corrected chi connectivity index (χ3v) is 3.38. The SMILES string of the molecule is COc1ccc(/C=C(/C#N)c2cc(OC)c(OC)c(OC)c2)cn1. The van der Waals surface area contributed by atoms with Crippen LogP contribution in [0.3, 0.4) is 0 Å². The fraction of sp³-hybridized carbons (Fsp3) is 0.222. The fourth-order valence-corrected chi connectivity index (χ4v) is 2.18. The van der Waals surface area contributed by atoms with Gasteiger partial charge in [0.1, 0.15) is 0 Å². The maximum absolute atomic E-state index is 9.52. The van der Waals surface area contributed by atoms with Crippen molar-refractivity contribution in [3.05, 3.63) is 41.6 Å². The molecule has 0 N–H and O–H groups in total. The molecule has 0 aliphatic carbocycles. The highest BCUT2D eigenvalue weighted by Gasteiger charge is 2.15. The molecule has 0 saturated heterocycles. The highest BCUT2D eigenvalue weighted by molar-refractivity contribution is 5.90. The highest BCUT2D eigenvalue weighted by atomic mass is 16.5. The Balaban J connectivity index is 2.50. The standard InChI is InChI=1S/C18H18N2O4/c1-21-15-8-13(9-16(22-2)18(15)24-4)14(10-19)7-12-5-6-17(23-3)20-11-12/h5-9,11H,1-4H3/b14-7-. The van der Waals surface area contributed by atoms with Crippen molar-refractivity contribution in [1.82, 2.24) is 4.98 Å². The van der Waals surface area contributed by atoms with E-state index in [1.165, 1.54) is 21.3 Å². The lowest BCUT2D eigenvalue weighted by atomic mass is 10.0. The molecule has 6 heteroatoms. The van der Waals surface area contributed by atoms with Crippen molar-refractivity contribution in [3.8, 4) is 29.2 Å². The molecule has 0 amide bonds. The molecule has 2 rings (SSSR count). The molecule has 0 aliphatic heterocycles. The van der Waals surface area contributed by atoms with Gasteiger partial charge in [0.05, 0.1) is 40.1 Å². The Morgan fingerprint density at radius 1 is 1.00 bits per heavy atom. The first-order chi connectivity index (χ1) is 11.7. The number of hydrogen-bond acceptors (Lipinski definition) is 6. The normalized spacial score (nSPS) is 10.7. The summed E-state index contributed by atoms with van der Waals surface area (Å²) in [6.45, 7) is 0. The van der Waals surface area contributed by atoms with Crippen LogP contribution in [0.25, 0.3) is 11.6 Å². The molecule has 0 radical (unpaired) electrons. The van der Waals surface area contributed by atoms with Gasteiger partial charge in [-0.15, -0.1) is 0 Å². The number of hydrogen-bond donors (Lipinski definition) is 0. The Hall–Kier alpha value is -3.20. The second kappa shape index (κ2) is 7.88. The van der Waals surface area contributed by atoms with Gasteiger partial charge in [0.15, 0.2) is 11.5 Å². The number of nitrogens with zero attached hydrogens (tertiary/aromatic N) is 2. The number of methoxy groups -OCH3 is 4. The molecule has 124 valence electrons. The Bertz CT molecular complexity index is 752. The summed E-state index contributed by atoms with van der Waals surface area (Å²) in [6, 6.07) is 9.20. The van der Waals surface area contributed by atoms with E-state index in [0.29, 0.717) is 34.3 Å². The maximum Gasteiger partial charge on any atom is 0.212 e. The second-order valence-corrected chi connectivity index (χ2v) is 4.72. The molecule has 0 aliphatic rings. The first-order valence-electron chi connectivity index (χ1n) is 7.09. The van der Waals surface area contributed by atoms with Gasteiger partial charge in [-0.3, -0.25) is 0 Å². The van der Waals surface area contributed by atoms with Crippen LogP contribution in [0.5, 0.6) is 23.1 Å². The molecule has 0 bridgehead atoms. The summed E-state index contributed by atoms with van der Waals surface area (Å²) in [4.78, 5) is 4.13. The van der Waals surface area contributed by atoms with Crippen LogP contribution < -0.4 is 18.9 Å². The van der Waals surface area contributed by atoms with Crippen molar-refractivity contribution < 1.29 is 18.9 Å². The molecule has 0 saturated carbocycles. The predicted octanol–water partition coefficient (Wildman–Crippen LogP) is 3.18. The Morgan fingerprint density at radius 2 is 1.67 bits per heavy atom. The molecule has 1 aromatic carbocycles. The zero-order valence-corrected chi connectivity index (χ0v) is 14.0. The lowest BCUT2D eigenvalue weighted by Gasteiger charge is -2.13. The number of ether oxygens (including phenoxy) is 4. The van der Waals surface area contributed by atoms with Gasteiger partial charge < -0.3 is 18.9 Å². The molecule has 24 heavy (non-hydrogen) atoms. The van der Waals surface area contributed by atoms with Crippen molar-refractivity contribution in [2.24, 2.45) is 0 Å². The third kappa shape index (κ3) is 3.58. The minimum Gasteiger partial charge on any atom is -0.493 e. The lowest BCUT2D eigenvalue weighted by Crippen LogP contribution is -1.96. The van der Waals surface area contributed by atoms with Gasteiger partial charge >= 0.3 is 0 Å². The van der Waals surface area contributed by atoms with Crippen molar-refractivity contribution in [3.63, 3.8) is 0 Å². The van der Waals surface area contributed by atoms with Gasteiger partial charge in [-0.2, -0.15) is 5.26 Å². The molecule has 6 nitrogen and oxygen atoms in total. The first-order valence-corrected chi connectivity index (χ1v) is 7.09. The van der Waals surface area contributed by atoms with E-state index in [0.717, 1.165) is 5.56 Å². The monoisotopic (exact) mass is 326 g/mol. The summed E-state index contributed by atoms with van der Waals surface area (Å²) in [5.74, 6) is 1.97. The summed E-state index contributed by atoms with van der Waals surface area (Å²) >= 11 is 0. The van der Waals surface area contributed by atoms with Crippen LogP contribution in [0, 0.1) is 11.3 Å². The molecular weight excluding hydrogens is 308 g/mol. The number of pyridine rings is 1. The molecule has 2 aromatic rings. The van der Waals surface area contributed by atoms with E-state index in [4.69, 9.17) is 18.9 Å². The van der Waals surface area contributed by atoms with Crippen LogP contribution in [0.4, 0.5) is 0 Å². The minimum absolute atomic E-state index is 0.446. The topological polar surface area (TPSA) is 73.6 Å². The summed E-state index contributed by atoms with van der Waals surface area (Å²) in [7, 11) is 6.15. The summed E-state index contributed by atoms with van der Waals surface area (Å²) in [5, 5.41) is 9.52. The Morgan fingerprint density at radius 3 is 2.08 bits per heavy atom. The van der Waals surface area contributed by atoms with Crippen molar-refractivity contribution >= 4 is 11.6 Å². The van der Waals surface area contributed by atoms with Crippen LogP contribution in [0.2, 0.25) is 0 Å². The van der Waals surface area contributed by atoms with Crippen LogP contribution in [-0.4, -0.2) is 33.4 Å². The Labute approximate surface area is 140 Å². The van der Waals surface area contributed by atoms with Crippen molar-refractivity contribution in [2.75, 3.05) is 28.4 Å². The van der Waals surface area contributed by atoms with Crippen LogP contribution in [0.1, 0.15) is 11.1 Å². The molecule has 0 unspecified atom stereocenters. The van der Waals surface area contributed by atoms with Gasteiger partial charge in [-0.1, -0.05) is 0 Å². The van der Waals surface area contributed by atoms with Gasteiger partial charge in [0.25, 0.3) is 0 Å². The van der Waals surface area contributed by atoms with Gasteiger partial charge in [-0.25, -0.2) is 4.98 Å². The second-order valence-electron chi connectivity index (χ2n) is 4.72. The molecule has 1 heterocycles. The largest absolute Gasteiger partial charge is 0.493 e. The minimum atomic E-state index is 0.446. The predicted molar refractivity (Wildman–Crippen MR) is 90.4 cm³/mol. The van der Waals surface area contributed by atoms with E-state index in [2.05, 4.69) is 11.1 Å². The fourth-order valence-electron chi connectivity index (χ4n) is 2.18. The third-order valence-electron chi connectivity index (χ3n) is 3.38. The van der Waals surface area contributed by atoms with Crippen molar-refractivity contribution in [1.29, 1.82) is 5.26 Å². The number of nitriles is 1. The molecule has 0 atom stereocenters. The van der Waals surface area contributed by atoms with E-state index in [-0.39, 0.29) is 0 Å². The number of aromatic nitrogens is 1. The zero-order chi connectivity index (χ0) is 17.5. The van der Waals surface area contributed by atoms with E-state index < -0.39 is 0 Å². The summed E-state index contributed by atoms with van der Waals surface area (Å²) in [6.07, 6.45) is 3.36. The van der Waals surface area contributed by atoms with Gasteiger partial charge in [-0.05, 0) is 35.4 Å². The smallest absolute Gasteiger partial charge is 0.212 e. The first kappa shape index (κ1) is 17.2. The average Bonchev–Trinajstić information content (AvgIpc) is 2.65.